The van der Waals surface area contributed by atoms with Gasteiger partial charge in [-0.1, -0.05) is 12.1 Å². The predicted molar refractivity (Wildman–Crippen MR) is 80.6 cm³/mol. The number of ether oxygens (including phenoxy) is 2. The van der Waals surface area contributed by atoms with E-state index in [-0.39, 0.29) is 12.3 Å². The average molecular weight is 274 g/mol. The summed E-state index contributed by atoms with van der Waals surface area (Å²) in [4.78, 5) is 4.34. The van der Waals surface area contributed by atoms with Gasteiger partial charge in [-0.25, -0.2) is 0 Å². The van der Waals surface area contributed by atoms with Gasteiger partial charge in [-0.3, -0.25) is 4.98 Å². The Labute approximate surface area is 120 Å². The van der Waals surface area contributed by atoms with E-state index >= 15 is 0 Å². The molecule has 4 nitrogen and oxygen atoms in total. The van der Waals surface area contributed by atoms with Crippen molar-refractivity contribution >= 4 is 10.9 Å². The van der Waals surface area contributed by atoms with Crippen LogP contribution in [-0.2, 0) is 9.47 Å². The van der Waals surface area contributed by atoms with Crippen LogP contribution in [0.5, 0.6) is 0 Å². The van der Waals surface area contributed by atoms with Crippen molar-refractivity contribution in [3.63, 3.8) is 0 Å². The normalized spacial score (nSPS) is 13.0. The predicted octanol–water partition coefficient (Wildman–Crippen LogP) is 2.89. The van der Waals surface area contributed by atoms with Crippen molar-refractivity contribution in [2.24, 2.45) is 0 Å². The van der Waals surface area contributed by atoms with Crippen molar-refractivity contribution in [2.75, 3.05) is 20.3 Å². The lowest BCUT2D eigenvalue weighted by atomic mass is 10.0. The fraction of sp³-hybridized carbons (Fsp3) is 0.438. The van der Waals surface area contributed by atoms with Gasteiger partial charge < -0.3 is 14.8 Å². The van der Waals surface area contributed by atoms with E-state index in [2.05, 4.69) is 28.5 Å². The molecule has 0 saturated carbocycles. The number of nitrogens with one attached hydrogen (secondary N) is 1. The molecule has 1 heterocycles. The maximum absolute atomic E-state index is 5.70. The van der Waals surface area contributed by atoms with Crippen LogP contribution >= 0.6 is 0 Å². The molecule has 1 aromatic carbocycles. The zero-order chi connectivity index (χ0) is 14.4. The van der Waals surface area contributed by atoms with Gasteiger partial charge in [-0.2, -0.15) is 0 Å². The zero-order valence-corrected chi connectivity index (χ0v) is 12.3. The minimum absolute atomic E-state index is 0.000457. The van der Waals surface area contributed by atoms with Crippen LogP contribution in [0.3, 0.4) is 0 Å². The van der Waals surface area contributed by atoms with E-state index in [0.717, 1.165) is 16.5 Å². The summed E-state index contributed by atoms with van der Waals surface area (Å²) in [5.74, 6) is 0. The molecule has 1 N–H and O–H groups in total. The highest BCUT2D eigenvalue weighted by atomic mass is 16.7. The van der Waals surface area contributed by atoms with Crippen LogP contribution in [0, 0.1) is 0 Å². The molecule has 1 unspecified atom stereocenters. The number of hydrogen-bond acceptors (Lipinski definition) is 4. The van der Waals surface area contributed by atoms with Crippen LogP contribution in [0.25, 0.3) is 10.9 Å². The largest absolute Gasteiger partial charge is 0.351 e. The van der Waals surface area contributed by atoms with Crippen molar-refractivity contribution in [1.29, 1.82) is 0 Å². The third-order valence-electron chi connectivity index (χ3n) is 3.23. The van der Waals surface area contributed by atoms with E-state index in [0.29, 0.717) is 13.2 Å². The Morgan fingerprint density at radius 3 is 2.55 bits per heavy atom. The first-order valence-electron chi connectivity index (χ1n) is 7.05. The molecule has 0 saturated heterocycles. The van der Waals surface area contributed by atoms with Crippen LogP contribution in [0.15, 0.2) is 36.5 Å². The van der Waals surface area contributed by atoms with E-state index in [4.69, 9.17) is 9.47 Å². The highest BCUT2D eigenvalue weighted by molar-refractivity contribution is 5.79. The van der Waals surface area contributed by atoms with Gasteiger partial charge in [0.05, 0.1) is 11.6 Å². The third kappa shape index (κ3) is 3.33. The highest BCUT2D eigenvalue weighted by Crippen LogP contribution is 2.23. The summed E-state index contributed by atoms with van der Waals surface area (Å²) in [6.45, 7) is 5.20. The number of benzene rings is 1. The number of fused-ring (bicyclic) bond motifs is 1. The van der Waals surface area contributed by atoms with Crippen molar-refractivity contribution in [3.8, 4) is 0 Å². The Morgan fingerprint density at radius 1 is 1.15 bits per heavy atom. The summed E-state index contributed by atoms with van der Waals surface area (Å²) < 4.78 is 11.4. The van der Waals surface area contributed by atoms with Crippen LogP contribution in [0.1, 0.15) is 25.5 Å². The summed E-state index contributed by atoms with van der Waals surface area (Å²) in [5, 5.41) is 4.40. The first-order valence-corrected chi connectivity index (χ1v) is 7.05. The van der Waals surface area contributed by atoms with Gasteiger partial charge in [0.25, 0.3) is 0 Å². The van der Waals surface area contributed by atoms with Crippen molar-refractivity contribution in [1.82, 2.24) is 10.3 Å². The number of likely N-dealkylation sites (N-methyl/N-ethyl adjacent to an activating group) is 1. The van der Waals surface area contributed by atoms with Gasteiger partial charge in [-0.05, 0) is 44.7 Å². The Kier molecular flexibility index (Phi) is 5.47. The lowest BCUT2D eigenvalue weighted by Gasteiger charge is -2.27. The molecular formula is C16H22N2O2. The number of pyridine rings is 1. The molecule has 1 aromatic heterocycles. The summed E-state index contributed by atoms with van der Waals surface area (Å²) >= 11 is 0. The maximum Gasteiger partial charge on any atom is 0.176 e. The van der Waals surface area contributed by atoms with Gasteiger partial charge in [-0.15, -0.1) is 0 Å². The van der Waals surface area contributed by atoms with Crippen LogP contribution in [0.2, 0.25) is 0 Å². The maximum atomic E-state index is 5.70. The number of nitrogens with zero attached hydrogens (tertiary/aromatic N) is 1. The van der Waals surface area contributed by atoms with Crippen molar-refractivity contribution in [3.05, 3.63) is 42.1 Å². The van der Waals surface area contributed by atoms with Crippen molar-refractivity contribution in [2.45, 2.75) is 26.2 Å². The minimum Gasteiger partial charge on any atom is -0.351 e. The van der Waals surface area contributed by atoms with Gasteiger partial charge in [0.1, 0.15) is 0 Å². The fourth-order valence-corrected chi connectivity index (χ4v) is 2.32. The average Bonchev–Trinajstić information content (AvgIpc) is 2.48. The van der Waals surface area contributed by atoms with Crippen LogP contribution < -0.4 is 5.32 Å². The topological polar surface area (TPSA) is 43.4 Å². The molecular weight excluding hydrogens is 252 g/mol. The molecule has 108 valence electrons. The fourth-order valence-electron chi connectivity index (χ4n) is 2.32. The molecule has 0 aliphatic carbocycles. The Balaban J connectivity index is 2.31. The van der Waals surface area contributed by atoms with Crippen LogP contribution in [0.4, 0.5) is 0 Å². The molecule has 0 bridgehead atoms. The molecule has 0 radical (unpaired) electrons. The summed E-state index contributed by atoms with van der Waals surface area (Å²) in [7, 11) is 1.92. The van der Waals surface area contributed by atoms with E-state index < -0.39 is 0 Å². The van der Waals surface area contributed by atoms with Crippen molar-refractivity contribution < 1.29 is 9.47 Å². The summed E-state index contributed by atoms with van der Waals surface area (Å²) in [6, 6.07) is 10.2. The van der Waals surface area contributed by atoms with E-state index in [1.54, 1.807) is 6.20 Å². The lowest BCUT2D eigenvalue weighted by Crippen LogP contribution is -2.34. The second kappa shape index (κ2) is 7.33. The second-order valence-corrected chi connectivity index (χ2v) is 4.50. The Morgan fingerprint density at radius 2 is 1.90 bits per heavy atom. The van der Waals surface area contributed by atoms with Gasteiger partial charge >= 0.3 is 0 Å². The van der Waals surface area contributed by atoms with Gasteiger partial charge in [0.15, 0.2) is 6.29 Å². The molecule has 1 atom stereocenters. The Bertz CT molecular complexity index is 539. The molecule has 0 spiro atoms. The third-order valence-corrected chi connectivity index (χ3v) is 3.23. The lowest BCUT2D eigenvalue weighted by molar-refractivity contribution is -0.154. The Hall–Kier alpha value is -1.49. The SMILES string of the molecule is CCOC(OCC)C(NC)c1ccc2ncccc2c1. The molecule has 0 aliphatic rings. The van der Waals surface area contributed by atoms with Gasteiger partial charge in [0.2, 0.25) is 0 Å². The van der Waals surface area contributed by atoms with Crippen LogP contribution in [-0.4, -0.2) is 31.5 Å². The first-order chi connectivity index (χ1) is 9.80. The molecule has 0 fully saturated rings. The number of hydrogen-bond donors (Lipinski definition) is 1. The molecule has 0 aliphatic heterocycles. The quantitative estimate of drug-likeness (QED) is 0.788. The van der Waals surface area contributed by atoms with Gasteiger partial charge in [0, 0.05) is 24.8 Å². The standard InChI is InChI=1S/C16H22N2O2/c1-4-19-16(20-5-2)15(17-3)13-8-9-14-12(11-13)7-6-10-18-14/h6-11,15-17H,4-5H2,1-3H3. The highest BCUT2D eigenvalue weighted by Gasteiger charge is 2.22. The minimum atomic E-state index is -0.288. The van der Waals surface area contributed by atoms with E-state index in [9.17, 15) is 0 Å². The van der Waals surface area contributed by atoms with E-state index in [1.807, 2.05) is 33.0 Å². The van der Waals surface area contributed by atoms with E-state index in [1.165, 1.54) is 0 Å². The molecule has 4 heteroatoms. The molecule has 2 rings (SSSR count). The molecule has 20 heavy (non-hydrogen) atoms. The molecule has 2 aromatic rings. The molecule has 0 amide bonds. The smallest absolute Gasteiger partial charge is 0.176 e. The monoisotopic (exact) mass is 274 g/mol. The zero-order valence-electron chi connectivity index (χ0n) is 12.3. The number of rotatable bonds is 7. The summed E-state index contributed by atoms with van der Waals surface area (Å²) in [6.07, 6.45) is 1.52. The number of aromatic nitrogens is 1. The summed E-state index contributed by atoms with van der Waals surface area (Å²) in [5.41, 5.74) is 2.13. The first kappa shape index (κ1) is 14.9. The second-order valence-electron chi connectivity index (χ2n) is 4.50.